The van der Waals surface area contributed by atoms with Crippen LogP contribution < -0.4 is 0 Å². The quantitative estimate of drug-likeness (QED) is 0.593. The maximum atomic E-state index is 12.9. The Morgan fingerprint density at radius 1 is 0.903 bits per heavy atom. The molecule has 3 aromatic rings. The topological polar surface area (TPSA) is 66.8 Å². The predicted octanol–water partition coefficient (Wildman–Crippen LogP) is 4.95. The molecule has 1 aliphatic carbocycles. The summed E-state index contributed by atoms with van der Waals surface area (Å²) < 4.78 is 5.69. The Labute approximate surface area is 181 Å². The minimum atomic E-state index is -1.06. The zero-order valence-corrected chi connectivity index (χ0v) is 17.4. The molecule has 0 heterocycles. The lowest BCUT2D eigenvalue weighted by Gasteiger charge is -2.28. The fourth-order valence-electron chi connectivity index (χ4n) is 4.29. The molecule has 0 aromatic heterocycles. The first-order chi connectivity index (χ1) is 15.0. The largest absolute Gasteiger partial charge is 0.480 e. The Balaban J connectivity index is 1.50. The zero-order valence-electron chi connectivity index (χ0n) is 17.4. The highest BCUT2D eigenvalue weighted by atomic mass is 16.6. The van der Waals surface area contributed by atoms with Crippen molar-refractivity contribution in [3.63, 3.8) is 0 Å². The molecule has 1 amide bonds. The minimum Gasteiger partial charge on any atom is -0.480 e. The molecule has 158 valence electrons. The summed E-state index contributed by atoms with van der Waals surface area (Å²) in [5.41, 5.74) is 5.59. The number of hydrogen-bond acceptors (Lipinski definition) is 3. The summed E-state index contributed by atoms with van der Waals surface area (Å²) >= 11 is 0. The molecular weight excluding hydrogens is 390 g/mol. The van der Waals surface area contributed by atoms with Crippen LogP contribution in [0.15, 0.2) is 78.9 Å². The van der Waals surface area contributed by atoms with E-state index in [1.54, 1.807) is 0 Å². The van der Waals surface area contributed by atoms with Crippen LogP contribution >= 0.6 is 0 Å². The monoisotopic (exact) mass is 415 g/mol. The van der Waals surface area contributed by atoms with Gasteiger partial charge >= 0.3 is 12.1 Å². The van der Waals surface area contributed by atoms with Gasteiger partial charge in [0.25, 0.3) is 0 Å². The number of carboxylic acid groups (broad SMARTS) is 1. The average molecular weight is 415 g/mol. The van der Waals surface area contributed by atoms with E-state index >= 15 is 0 Å². The molecule has 3 aromatic carbocycles. The number of nitrogens with zero attached hydrogens (tertiary/aromatic N) is 1. The van der Waals surface area contributed by atoms with Gasteiger partial charge in [-0.2, -0.15) is 0 Å². The molecule has 0 saturated heterocycles. The van der Waals surface area contributed by atoms with Crippen LogP contribution in [-0.4, -0.2) is 41.3 Å². The third-order valence-corrected chi connectivity index (χ3v) is 5.78. The van der Waals surface area contributed by atoms with Crippen molar-refractivity contribution in [2.45, 2.75) is 25.3 Å². The molecule has 0 spiro atoms. The van der Waals surface area contributed by atoms with Gasteiger partial charge in [-0.3, -0.25) is 9.69 Å². The van der Waals surface area contributed by atoms with E-state index in [4.69, 9.17) is 4.74 Å². The van der Waals surface area contributed by atoms with Crippen LogP contribution in [0.25, 0.3) is 11.1 Å². The number of hydrogen-bond donors (Lipinski definition) is 1. The molecule has 0 fully saturated rings. The summed E-state index contributed by atoms with van der Waals surface area (Å²) in [6, 6.07) is 25.6. The second-order valence-corrected chi connectivity index (χ2v) is 7.86. The highest BCUT2D eigenvalue weighted by Gasteiger charge is 2.31. The van der Waals surface area contributed by atoms with Crippen LogP contribution in [-0.2, 0) is 16.0 Å². The third kappa shape index (κ3) is 4.45. The summed E-state index contributed by atoms with van der Waals surface area (Å²) in [4.78, 5) is 25.6. The third-order valence-electron chi connectivity index (χ3n) is 5.78. The van der Waals surface area contributed by atoms with Crippen LogP contribution in [0.5, 0.6) is 0 Å². The van der Waals surface area contributed by atoms with Gasteiger partial charge in [0.15, 0.2) is 0 Å². The van der Waals surface area contributed by atoms with Crippen molar-refractivity contribution in [3.05, 3.63) is 95.6 Å². The molecule has 5 nitrogen and oxygen atoms in total. The van der Waals surface area contributed by atoms with E-state index in [1.807, 2.05) is 61.5 Å². The molecule has 1 atom stereocenters. The first-order valence-electron chi connectivity index (χ1n) is 10.4. The Hall–Kier alpha value is -3.60. The number of aliphatic carboxylic acids is 1. The van der Waals surface area contributed by atoms with Gasteiger partial charge in [-0.05, 0) is 41.2 Å². The smallest absolute Gasteiger partial charge is 0.410 e. The number of ether oxygens (including phenoxy) is 1. The summed E-state index contributed by atoms with van der Waals surface area (Å²) in [6.45, 7) is 1.61. The molecule has 1 N–H and O–H groups in total. The molecule has 0 radical (unpaired) electrons. The molecule has 5 heteroatoms. The maximum absolute atomic E-state index is 12.9. The Kier molecular flexibility index (Phi) is 6.03. The van der Waals surface area contributed by atoms with Crippen LogP contribution in [0.4, 0.5) is 4.79 Å². The van der Waals surface area contributed by atoms with Crippen molar-refractivity contribution in [1.29, 1.82) is 0 Å². The highest BCUT2D eigenvalue weighted by Crippen LogP contribution is 2.44. The van der Waals surface area contributed by atoms with Gasteiger partial charge in [0.2, 0.25) is 0 Å². The Morgan fingerprint density at radius 3 is 2.03 bits per heavy atom. The van der Waals surface area contributed by atoms with E-state index in [2.05, 4.69) is 24.3 Å². The van der Waals surface area contributed by atoms with Crippen molar-refractivity contribution in [2.24, 2.45) is 0 Å². The Morgan fingerprint density at radius 2 is 1.45 bits per heavy atom. The van der Waals surface area contributed by atoms with E-state index in [0.717, 1.165) is 27.8 Å². The average Bonchev–Trinajstić information content (AvgIpc) is 3.10. The minimum absolute atomic E-state index is 0.0625. The molecule has 0 bridgehead atoms. The van der Waals surface area contributed by atoms with Crippen molar-refractivity contribution >= 4 is 12.1 Å². The van der Waals surface area contributed by atoms with Gasteiger partial charge in [0, 0.05) is 12.0 Å². The normalized spacial score (nSPS) is 13.2. The number of rotatable bonds is 7. The lowest BCUT2D eigenvalue weighted by atomic mass is 9.98. The lowest BCUT2D eigenvalue weighted by Crippen LogP contribution is -2.43. The van der Waals surface area contributed by atoms with Crippen molar-refractivity contribution in [2.75, 3.05) is 13.2 Å². The van der Waals surface area contributed by atoms with Crippen LogP contribution in [0.1, 0.15) is 29.5 Å². The van der Waals surface area contributed by atoms with E-state index in [0.29, 0.717) is 6.42 Å². The molecule has 31 heavy (non-hydrogen) atoms. The second-order valence-electron chi connectivity index (χ2n) is 7.86. The van der Waals surface area contributed by atoms with Crippen LogP contribution in [0.2, 0.25) is 0 Å². The first-order valence-corrected chi connectivity index (χ1v) is 10.4. The maximum Gasteiger partial charge on any atom is 0.410 e. The lowest BCUT2D eigenvalue weighted by molar-refractivity contribution is -0.138. The first kappa shape index (κ1) is 20.7. The number of fused-ring (bicyclic) bond motifs is 3. The fourth-order valence-corrected chi connectivity index (χ4v) is 4.29. The van der Waals surface area contributed by atoms with E-state index in [-0.39, 0.29) is 18.6 Å². The van der Waals surface area contributed by atoms with Crippen molar-refractivity contribution < 1.29 is 19.4 Å². The number of carbonyl (C=O) groups is 2. The van der Waals surface area contributed by atoms with Gasteiger partial charge in [0.1, 0.15) is 13.2 Å². The molecule has 1 aliphatic rings. The van der Waals surface area contributed by atoms with Gasteiger partial charge < -0.3 is 9.84 Å². The standard InChI is InChI=1S/C26H25NO4/c1-18(15-19-9-3-2-4-10-19)27(16-25(28)29)26(30)31-17-24-22-13-7-5-11-20(22)21-12-6-8-14-23(21)24/h2-14,18,24H,15-17H2,1H3,(H,28,29). The van der Waals surface area contributed by atoms with Gasteiger partial charge in [-0.15, -0.1) is 0 Å². The van der Waals surface area contributed by atoms with Crippen molar-refractivity contribution in [1.82, 2.24) is 4.90 Å². The molecule has 1 unspecified atom stereocenters. The molecule has 4 rings (SSSR count). The summed E-state index contributed by atoms with van der Waals surface area (Å²) in [5, 5.41) is 9.34. The molecule has 0 saturated carbocycles. The number of carboxylic acids is 1. The fraction of sp³-hybridized carbons (Fsp3) is 0.231. The Bertz CT molecular complexity index is 1030. The second kappa shape index (κ2) is 9.04. The molecular formula is C26H25NO4. The van der Waals surface area contributed by atoms with Gasteiger partial charge in [0.05, 0.1) is 0 Å². The number of amides is 1. The van der Waals surface area contributed by atoms with E-state index in [1.165, 1.54) is 4.90 Å². The predicted molar refractivity (Wildman–Crippen MR) is 119 cm³/mol. The summed E-state index contributed by atoms with van der Waals surface area (Å²) in [5.74, 6) is -1.12. The zero-order chi connectivity index (χ0) is 21.8. The number of benzene rings is 3. The SMILES string of the molecule is CC(Cc1ccccc1)N(CC(=O)O)C(=O)OCC1c2ccccc2-c2ccccc21. The highest BCUT2D eigenvalue weighted by molar-refractivity contribution is 5.80. The van der Waals surface area contributed by atoms with E-state index in [9.17, 15) is 14.7 Å². The van der Waals surface area contributed by atoms with Gasteiger partial charge in [-0.1, -0.05) is 78.9 Å². The molecule has 0 aliphatic heterocycles. The van der Waals surface area contributed by atoms with Crippen molar-refractivity contribution in [3.8, 4) is 11.1 Å². The van der Waals surface area contributed by atoms with Gasteiger partial charge in [-0.25, -0.2) is 4.79 Å². The van der Waals surface area contributed by atoms with Crippen LogP contribution in [0, 0.1) is 0 Å². The van der Waals surface area contributed by atoms with E-state index < -0.39 is 18.6 Å². The van der Waals surface area contributed by atoms with Crippen LogP contribution in [0.3, 0.4) is 0 Å². The number of carbonyl (C=O) groups excluding carboxylic acids is 1. The summed E-state index contributed by atoms with van der Waals surface area (Å²) in [6.07, 6.45) is -0.0501. The summed E-state index contributed by atoms with van der Waals surface area (Å²) in [7, 11) is 0.